The Morgan fingerprint density at radius 2 is 2.29 bits per heavy atom. The fourth-order valence-electron chi connectivity index (χ4n) is 2.74. The van der Waals surface area contributed by atoms with Crippen molar-refractivity contribution in [3.8, 4) is 0 Å². The van der Waals surface area contributed by atoms with Gasteiger partial charge in [-0.3, -0.25) is 9.78 Å². The monoisotopic (exact) mass is 327 g/mol. The molecule has 0 aromatic carbocycles. The average molecular weight is 327 g/mol. The van der Waals surface area contributed by atoms with Crippen LogP contribution in [-0.4, -0.2) is 58.6 Å². The molecular weight excluding hydrogens is 306 g/mol. The molecule has 2 aromatic rings. The lowest BCUT2D eigenvalue weighted by Crippen LogP contribution is -2.46. The molecular formula is C17H21N5O2. The molecule has 0 radical (unpaired) electrons. The first-order valence-corrected chi connectivity index (χ1v) is 8.06. The number of ether oxygens (including phenoxy) is 1. The highest BCUT2D eigenvalue weighted by atomic mass is 16.5. The molecule has 0 spiro atoms. The van der Waals surface area contributed by atoms with E-state index in [4.69, 9.17) is 4.74 Å². The zero-order chi connectivity index (χ0) is 16.8. The van der Waals surface area contributed by atoms with E-state index in [2.05, 4.69) is 20.3 Å². The molecule has 0 aliphatic carbocycles. The number of carbonyl (C=O) groups excluding carboxylic acids is 1. The van der Waals surface area contributed by atoms with Crippen molar-refractivity contribution in [2.24, 2.45) is 0 Å². The maximum atomic E-state index is 12.5. The van der Waals surface area contributed by atoms with Crippen molar-refractivity contribution in [1.82, 2.24) is 19.9 Å². The number of nitrogens with one attached hydrogen (secondary N) is 1. The zero-order valence-electron chi connectivity index (χ0n) is 13.7. The van der Waals surface area contributed by atoms with Crippen LogP contribution in [0.3, 0.4) is 0 Å². The van der Waals surface area contributed by atoms with Crippen molar-refractivity contribution in [1.29, 1.82) is 0 Å². The number of amides is 1. The fraction of sp³-hybridized carbons (Fsp3) is 0.412. The first-order chi connectivity index (χ1) is 11.8. The predicted molar refractivity (Wildman–Crippen MR) is 89.8 cm³/mol. The Bertz CT molecular complexity index is 680. The molecule has 2 aromatic heterocycles. The maximum Gasteiger partial charge on any atom is 0.274 e. The largest absolute Gasteiger partial charge is 0.375 e. The fourth-order valence-corrected chi connectivity index (χ4v) is 2.74. The average Bonchev–Trinajstić information content (AvgIpc) is 2.67. The number of aromatic nitrogens is 3. The molecule has 0 bridgehead atoms. The minimum absolute atomic E-state index is 0.0329. The van der Waals surface area contributed by atoms with E-state index < -0.39 is 0 Å². The number of aryl methyl sites for hydroxylation is 1. The second-order valence-corrected chi connectivity index (χ2v) is 5.67. The van der Waals surface area contributed by atoms with E-state index in [1.54, 1.807) is 17.3 Å². The highest BCUT2D eigenvalue weighted by Crippen LogP contribution is 2.15. The van der Waals surface area contributed by atoms with Gasteiger partial charge in [0.05, 0.1) is 18.9 Å². The summed E-state index contributed by atoms with van der Waals surface area (Å²) < 4.78 is 5.81. The summed E-state index contributed by atoms with van der Waals surface area (Å²) in [6, 6.07) is 4.04. The lowest BCUT2D eigenvalue weighted by Gasteiger charge is -2.32. The van der Waals surface area contributed by atoms with Crippen LogP contribution in [0.4, 0.5) is 5.82 Å². The van der Waals surface area contributed by atoms with Crippen LogP contribution >= 0.6 is 0 Å². The molecule has 0 saturated carbocycles. The van der Waals surface area contributed by atoms with Crippen molar-refractivity contribution in [2.45, 2.75) is 18.9 Å². The first kappa shape index (κ1) is 16.3. The normalized spacial score (nSPS) is 17.5. The summed E-state index contributed by atoms with van der Waals surface area (Å²) in [5.74, 6) is 0.772. The summed E-state index contributed by atoms with van der Waals surface area (Å²) >= 11 is 0. The summed E-state index contributed by atoms with van der Waals surface area (Å²) in [5, 5.41) is 3.04. The minimum Gasteiger partial charge on any atom is -0.375 e. The summed E-state index contributed by atoms with van der Waals surface area (Å²) in [5.41, 5.74) is 1.58. The van der Waals surface area contributed by atoms with Crippen LogP contribution in [-0.2, 0) is 11.2 Å². The lowest BCUT2D eigenvalue weighted by atomic mass is 10.1. The van der Waals surface area contributed by atoms with Crippen LogP contribution < -0.4 is 5.32 Å². The molecule has 7 nitrogen and oxygen atoms in total. The highest BCUT2D eigenvalue weighted by molar-refractivity contribution is 5.92. The second-order valence-electron chi connectivity index (χ2n) is 5.67. The van der Waals surface area contributed by atoms with E-state index in [-0.39, 0.29) is 12.0 Å². The van der Waals surface area contributed by atoms with Gasteiger partial charge in [0.25, 0.3) is 5.91 Å². The topological polar surface area (TPSA) is 80.2 Å². The number of anilines is 1. The van der Waals surface area contributed by atoms with Crippen molar-refractivity contribution >= 4 is 11.7 Å². The molecule has 1 fully saturated rings. The molecule has 24 heavy (non-hydrogen) atoms. The number of nitrogens with zero attached hydrogens (tertiary/aromatic N) is 4. The molecule has 1 atom stereocenters. The Balaban J connectivity index is 1.56. The molecule has 3 rings (SSSR count). The van der Waals surface area contributed by atoms with Gasteiger partial charge in [-0.05, 0) is 30.5 Å². The molecule has 126 valence electrons. The molecule has 0 unspecified atom stereocenters. The standard InChI is InChI=1S/C17H21N5O2/c1-18-16-10-13(4-5-21-16)2-3-14-12-22(8-9-24-14)17(23)15-11-19-6-7-20-15/h4-7,10-11,14H,2-3,8-9,12H2,1H3,(H,18,21)/t14-/m1/s1. The maximum absolute atomic E-state index is 12.5. The molecule has 1 N–H and O–H groups in total. The highest BCUT2D eigenvalue weighted by Gasteiger charge is 2.25. The summed E-state index contributed by atoms with van der Waals surface area (Å²) in [6.45, 7) is 1.72. The SMILES string of the molecule is CNc1cc(CC[C@@H]2CN(C(=O)c3cnccn3)CCO2)ccn1. The summed E-state index contributed by atoms with van der Waals surface area (Å²) in [6.07, 6.45) is 8.18. The van der Waals surface area contributed by atoms with Crippen molar-refractivity contribution in [2.75, 3.05) is 32.1 Å². The van der Waals surface area contributed by atoms with Gasteiger partial charge in [-0.25, -0.2) is 9.97 Å². The first-order valence-electron chi connectivity index (χ1n) is 8.06. The molecule has 1 saturated heterocycles. The third-order valence-electron chi connectivity index (χ3n) is 4.04. The van der Waals surface area contributed by atoms with Gasteiger partial charge < -0.3 is 15.0 Å². The second kappa shape index (κ2) is 7.83. The van der Waals surface area contributed by atoms with E-state index in [0.717, 1.165) is 18.7 Å². The summed E-state index contributed by atoms with van der Waals surface area (Å²) in [4.78, 5) is 26.5. The van der Waals surface area contributed by atoms with Gasteiger partial charge in [0.15, 0.2) is 0 Å². The van der Waals surface area contributed by atoms with Crippen LogP contribution in [0.2, 0.25) is 0 Å². The third-order valence-corrected chi connectivity index (χ3v) is 4.04. The number of rotatable bonds is 5. The number of hydrogen-bond donors (Lipinski definition) is 1. The molecule has 1 aliphatic heterocycles. The van der Waals surface area contributed by atoms with Gasteiger partial charge in [0, 0.05) is 38.7 Å². The Morgan fingerprint density at radius 3 is 3.08 bits per heavy atom. The lowest BCUT2D eigenvalue weighted by molar-refractivity contribution is -0.0248. The smallest absolute Gasteiger partial charge is 0.274 e. The minimum atomic E-state index is -0.0854. The number of pyridine rings is 1. The van der Waals surface area contributed by atoms with Gasteiger partial charge in [-0.1, -0.05) is 0 Å². The third kappa shape index (κ3) is 4.05. The predicted octanol–water partition coefficient (Wildman–Crippen LogP) is 1.39. The Hall–Kier alpha value is -2.54. The molecule has 1 amide bonds. The summed E-state index contributed by atoms with van der Waals surface area (Å²) in [7, 11) is 1.85. The van der Waals surface area contributed by atoms with Crippen LogP contribution in [0.15, 0.2) is 36.9 Å². The van der Waals surface area contributed by atoms with E-state index in [9.17, 15) is 4.79 Å². The van der Waals surface area contributed by atoms with E-state index in [1.165, 1.54) is 18.0 Å². The van der Waals surface area contributed by atoms with E-state index in [0.29, 0.717) is 25.4 Å². The van der Waals surface area contributed by atoms with Crippen LogP contribution in [0.5, 0.6) is 0 Å². The van der Waals surface area contributed by atoms with Crippen molar-refractivity contribution in [3.63, 3.8) is 0 Å². The molecule has 7 heteroatoms. The Labute approximate surface area is 141 Å². The van der Waals surface area contributed by atoms with Gasteiger partial charge in [0.2, 0.25) is 0 Å². The quantitative estimate of drug-likeness (QED) is 0.894. The molecule has 1 aliphatic rings. The number of hydrogen-bond acceptors (Lipinski definition) is 6. The van der Waals surface area contributed by atoms with Crippen LogP contribution in [0.1, 0.15) is 22.5 Å². The number of morpholine rings is 1. The van der Waals surface area contributed by atoms with Crippen molar-refractivity contribution < 1.29 is 9.53 Å². The van der Waals surface area contributed by atoms with Crippen LogP contribution in [0.25, 0.3) is 0 Å². The number of carbonyl (C=O) groups is 1. The van der Waals surface area contributed by atoms with Crippen molar-refractivity contribution in [3.05, 3.63) is 48.2 Å². The van der Waals surface area contributed by atoms with E-state index in [1.807, 2.05) is 19.2 Å². The Kier molecular flexibility index (Phi) is 5.32. The van der Waals surface area contributed by atoms with Gasteiger partial charge in [-0.15, -0.1) is 0 Å². The Morgan fingerprint density at radius 1 is 1.38 bits per heavy atom. The zero-order valence-corrected chi connectivity index (χ0v) is 13.7. The van der Waals surface area contributed by atoms with Gasteiger partial charge in [0.1, 0.15) is 11.5 Å². The van der Waals surface area contributed by atoms with Gasteiger partial charge >= 0.3 is 0 Å². The van der Waals surface area contributed by atoms with E-state index >= 15 is 0 Å². The molecule has 3 heterocycles. The van der Waals surface area contributed by atoms with Crippen LogP contribution in [0, 0.1) is 0 Å². The van der Waals surface area contributed by atoms with Gasteiger partial charge in [-0.2, -0.15) is 0 Å².